The molecule has 0 N–H and O–H groups in total. The quantitative estimate of drug-likeness (QED) is 0.501. The van der Waals surface area contributed by atoms with E-state index in [9.17, 15) is 0 Å². The molecule has 16 heavy (non-hydrogen) atoms. The van der Waals surface area contributed by atoms with E-state index < -0.39 is 8.32 Å². The normalized spacial score (nSPS) is 26.2. The van der Waals surface area contributed by atoms with Gasteiger partial charge in [0.25, 0.3) is 0 Å². The van der Waals surface area contributed by atoms with E-state index in [0.29, 0.717) is 0 Å². The lowest BCUT2D eigenvalue weighted by Crippen LogP contribution is -2.25. The Labute approximate surface area is 101 Å². The molecule has 1 nitrogen and oxygen atoms in total. The van der Waals surface area contributed by atoms with Gasteiger partial charge < -0.3 is 4.43 Å². The van der Waals surface area contributed by atoms with Crippen molar-refractivity contribution in [1.29, 1.82) is 0 Å². The molecule has 2 aliphatic carbocycles. The van der Waals surface area contributed by atoms with Gasteiger partial charge in [-0.25, -0.2) is 0 Å². The zero-order chi connectivity index (χ0) is 11.8. The van der Waals surface area contributed by atoms with Crippen LogP contribution in [0.4, 0.5) is 0 Å². The molecule has 0 saturated heterocycles. The fourth-order valence-electron chi connectivity index (χ4n) is 2.91. The molecule has 0 aliphatic heterocycles. The monoisotopic (exact) mass is 236 g/mol. The van der Waals surface area contributed by atoms with Crippen LogP contribution in [0, 0.1) is 5.92 Å². The molecule has 0 spiro atoms. The summed E-state index contributed by atoms with van der Waals surface area (Å²) in [5.74, 6) is 2.07. The largest absolute Gasteiger partial charge is 0.548 e. The molecule has 0 amide bonds. The van der Waals surface area contributed by atoms with E-state index in [2.05, 4.69) is 32.6 Å². The standard InChI is InChI=1S/C14H24OSi/c1-11-8-9-13(15-16(2,3)4)10-12-6-5-7-14(11)12/h9,12H,5-8,10H2,1-4H3. The Morgan fingerprint density at radius 3 is 2.75 bits per heavy atom. The Kier molecular flexibility index (Phi) is 3.29. The van der Waals surface area contributed by atoms with E-state index in [0.717, 1.165) is 18.8 Å². The predicted octanol–water partition coefficient (Wildman–Crippen LogP) is 4.63. The number of allylic oxidation sites excluding steroid dienone is 4. The predicted molar refractivity (Wildman–Crippen MR) is 71.8 cm³/mol. The molecule has 1 unspecified atom stereocenters. The van der Waals surface area contributed by atoms with E-state index in [1.54, 1.807) is 11.1 Å². The van der Waals surface area contributed by atoms with Crippen molar-refractivity contribution in [2.75, 3.05) is 0 Å². The van der Waals surface area contributed by atoms with Gasteiger partial charge in [0.2, 0.25) is 8.32 Å². The van der Waals surface area contributed by atoms with E-state index >= 15 is 0 Å². The van der Waals surface area contributed by atoms with Crippen LogP contribution in [0.2, 0.25) is 19.6 Å². The van der Waals surface area contributed by atoms with Crippen LogP contribution < -0.4 is 0 Å². The molecule has 90 valence electrons. The zero-order valence-electron chi connectivity index (χ0n) is 11.1. The fraction of sp³-hybridized carbons (Fsp3) is 0.714. The minimum Gasteiger partial charge on any atom is -0.548 e. The van der Waals surface area contributed by atoms with Crippen molar-refractivity contribution in [3.63, 3.8) is 0 Å². The van der Waals surface area contributed by atoms with Crippen molar-refractivity contribution in [1.82, 2.24) is 0 Å². The molecule has 0 radical (unpaired) electrons. The first-order chi connectivity index (χ1) is 7.46. The lowest BCUT2D eigenvalue weighted by atomic mass is 9.96. The van der Waals surface area contributed by atoms with Gasteiger partial charge in [-0.1, -0.05) is 11.1 Å². The van der Waals surface area contributed by atoms with Gasteiger partial charge in [0.15, 0.2) is 0 Å². The lowest BCUT2D eigenvalue weighted by Gasteiger charge is -2.23. The van der Waals surface area contributed by atoms with Crippen LogP contribution in [0.25, 0.3) is 0 Å². The minimum absolute atomic E-state index is 0.796. The molecule has 2 aliphatic rings. The van der Waals surface area contributed by atoms with Gasteiger partial charge in [-0.15, -0.1) is 0 Å². The lowest BCUT2D eigenvalue weighted by molar-refractivity contribution is 0.376. The van der Waals surface area contributed by atoms with Gasteiger partial charge in [-0.05, 0) is 64.2 Å². The molecular weight excluding hydrogens is 212 g/mol. The minimum atomic E-state index is -1.42. The summed E-state index contributed by atoms with van der Waals surface area (Å²) < 4.78 is 6.19. The number of hydrogen-bond acceptors (Lipinski definition) is 1. The summed E-state index contributed by atoms with van der Waals surface area (Å²) in [7, 11) is -1.42. The second-order valence-electron chi connectivity index (χ2n) is 6.19. The molecular formula is C14H24OSi. The first-order valence-corrected chi connectivity index (χ1v) is 9.93. The molecule has 0 aromatic carbocycles. The zero-order valence-corrected chi connectivity index (χ0v) is 12.1. The summed E-state index contributed by atoms with van der Waals surface area (Å²) in [4.78, 5) is 0. The molecule has 1 saturated carbocycles. The van der Waals surface area contributed by atoms with Gasteiger partial charge in [0.05, 0.1) is 5.76 Å². The highest BCUT2D eigenvalue weighted by atomic mass is 28.4. The maximum atomic E-state index is 6.19. The van der Waals surface area contributed by atoms with Crippen LogP contribution in [-0.4, -0.2) is 8.32 Å². The van der Waals surface area contributed by atoms with Gasteiger partial charge in [-0.2, -0.15) is 0 Å². The number of fused-ring (bicyclic) bond motifs is 1. The second kappa shape index (κ2) is 4.40. The average molecular weight is 236 g/mol. The summed E-state index contributed by atoms with van der Waals surface area (Å²) in [5, 5.41) is 0. The highest BCUT2D eigenvalue weighted by molar-refractivity contribution is 6.70. The van der Waals surface area contributed by atoms with Gasteiger partial charge >= 0.3 is 0 Å². The van der Waals surface area contributed by atoms with Gasteiger partial charge in [0.1, 0.15) is 0 Å². The fourth-order valence-corrected chi connectivity index (χ4v) is 3.86. The summed E-state index contributed by atoms with van der Waals surface area (Å²) in [6, 6.07) is 0. The highest BCUT2D eigenvalue weighted by Gasteiger charge is 2.27. The van der Waals surface area contributed by atoms with Crippen LogP contribution in [0.15, 0.2) is 23.0 Å². The third kappa shape index (κ3) is 2.79. The molecule has 1 atom stereocenters. The highest BCUT2D eigenvalue weighted by Crippen LogP contribution is 2.40. The van der Waals surface area contributed by atoms with E-state index in [-0.39, 0.29) is 0 Å². The van der Waals surface area contributed by atoms with Crippen molar-refractivity contribution in [2.45, 2.75) is 58.7 Å². The smallest absolute Gasteiger partial charge is 0.241 e. The Bertz CT molecular complexity index is 333. The maximum Gasteiger partial charge on any atom is 0.241 e. The number of hydrogen-bond donors (Lipinski definition) is 0. The van der Waals surface area contributed by atoms with Crippen molar-refractivity contribution in [3.8, 4) is 0 Å². The van der Waals surface area contributed by atoms with Crippen LogP contribution in [0.3, 0.4) is 0 Å². The Morgan fingerprint density at radius 2 is 2.06 bits per heavy atom. The molecule has 1 fully saturated rings. The van der Waals surface area contributed by atoms with Crippen molar-refractivity contribution >= 4 is 8.32 Å². The first-order valence-electron chi connectivity index (χ1n) is 6.52. The van der Waals surface area contributed by atoms with Crippen molar-refractivity contribution < 1.29 is 4.43 Å². The van der Waals surface area contributed by atoms with E-state index in [1.165, 1.54) is 25.0 Å². The molecule has 0 heterocycles. The number of rotatable bonds is 2. The van der Waals surface area contributed by atoms with Crippen molar-refractivity contribution in [2.24, 2.45) is 5.92 Å². The topological polar surface area (TPSA) is 9.23 Å². The summed E-state index contributed by atoms with van der Waals surface area (Å²) in [5.41, 5.74) is 3.35. The second-order valence-corrected chi connectivity index (χ2v) is 10.6. The van der Waals surface area contributed by atoms with E-state index in [4.69, 9.17) is 4.43 Å². The molecule has 2 heteroatoms. The SMILES string of the molecule is CC1=C2CCCC2CC(O[Si](C)(C)C)=CC1. The average Bonchev–Trinajstić information content (AvgIpc) is 2.54. The van der Waals surface area contributed by atoms with Crippen LogP contribution in [0.1, 0.15) is 39.0 Å². The Morgan fingerprint density at radius 1 is 1.31 bits per heavy atom. The molecule has 2 rings (SSSR count). The molecule has 0 aromatic heterocycles. The van der Waals surface area contributed by atoms with Crippen LogP contribution in [-0.2, 0) is 4.43 Å². The Balaban J connectivity index is 2.11. The summed E-state index contributed by atoms with van der Waals surface area (Å²) in [6.45, 7) is 9.12. The first kappa shape index (κ1) is 12.0. The Hall–Kier alpha value is -0.503. The third-order valence-corrected chi connectivity index (χ3v) is 4.44. The third-order valence-electron chi connectivity index (χ3n) is 3.56. The summed E-state index contributed by atoms with van der Waals surface area (Å²) in [6.07, 6.45) is 8.71. The summed E-state index contributed by atoms with van der Waals surface area (Å²) >= 11 is 0. The van der Waals surface area contributed by atoms with Crippen molar-refractivity contribution in [3.05, 3.63) is 23.0 Å². The molecule has 0 aromatic rings. The van der Waals surface area contributed by atoms with Gasteiger partial charge in [-0.3, -0.25) is 0 Å². The van der Waals surface area contributed by atoms with Gasteiger partial charge in [0, 0.05) is 6.42 Å². The molecule has 0 bridgehead atoms. The van der Waals surface area contributed by atoms with Crippen LogP contribution in [0.5, 0.6) is 0 Å². The van der Waals surface area contributed by atoms with E-state index in [1.807, 2.05) is 0 Å². The van der Waals surface area contributed by atoms with Crippen LogP contribution >= 0.6 is 0 Å². The maximum absolute atomic E-state index is 6.19.